The number of pyridine rings is 1. The standard InChI is InChI=1S/C17H22N2/c1-2-18-16(11-13-5-3-6-13)15-9-8-14-7-4-10-19-17(14)12-15/h4,7-10,12-13,16,18H,2-3,5-6,11H2,1H3. The molecule has 1 fully saturated rings. The highest BCUT2D eigenvalue weighted by Gasteiger charge is 2.22. The number of nitrogens with one attached hydrogen (secondary N) is 1. The van der Waals surface area contributed by atoms with Crippen molar-refractivity contribution in [1.82, 2.24) is 10.3 Å². The Morgan fingerprint density at radius 3 is 2.95 bits per heavy atom. The molecule has 2 nitrogen and oxygen atoms in total. The molecule has 100 valence electrons. The third-order valence-corrected chi connectivity index (χ3v) is 4.28. The van der Waals surface area contributed by atoms with Crippen molar-refractivity contribution in [2.24, 2.45) is 5.92 Å². The third kappa shape index (κ3) is 2.79. The van der Waals surface area contributed by atoms with Crippen LogP contribution in [0.5, 0.6) is 0 Å². The van der Waals surface area contributed by atoms with Gasteiger partial charge >= 0.3 is 0 Å². The molecule has 2 aromatic rings. The summed E-state index contributed by atoms with van der Waals surface area (Å²) < 4.78 is 0. The van der Waals surface area contributed by atoms with Crippen molar-refractivity contribution in [2.45, 2.75) is 38.6 Å². The quantitative estimate of drug-likeness (QED) is 0.869. The van der Waals surface area contributed by atoms with Crippen LogP contribution in [0.3, 0.4) is 0 Å². The Morgan fingerprint density at radius 2 is 2.21 bits per heavy atom. The van der Waals surface area contributed by atoms with E-state index in [1.807, 2.05) is 12.3 Å². The summed E-state index contributed by atoms with van der Waals surface area (Å²) in [7, 11) is 0. The van der Waals surface area contributed by atoms with Gasteiger partial charge in [0.2, 0.25) is 0 Å². The lowest BCUT2D eigenvalue weighted by Crippen LogP contribution is -2.25. The Balaban J connectivity index is 1.85. The summed E-state index contributed by atoms with van der Waals surface area (Å²) >= 11 is 0. The van der Waals surface area contributed by atoms with Crippen molar-refractivity contribution >= 4 is 10.9 Å². The highest BCUT2D eigenvalue weighted by molar-refractivity contribution is 5.78. The zero-order valence-corrected chi connectivity index (χ0v) is 11.6. The van der Waals surface area contributed by atoms with Crippen LogP contribution in [-0.4, -0.2) is 11.5 Å². The first-order valence-corrected chi connectivity index (χ1v) is 7.45. The lowest BCUT2D eigenvalue weighted by molar-refractivity contribution is 0.262. The molecule has 1 aliphatic rings. The van der Waals surface area contributed by atoms with E-state index in [1.165, 1.54) is 36.6 Å². The van der Waals surface area contributed by atoms with E-state index >= 15 is 0 Å². The fourth-order valence-corrected chi connectivity index (χ4v) is 2.95. The second-order valence-corrected chi connectivity index (χ2v) is 5.60. The van der Waals surface area contributed by atoms with Gasteiger partial charge in [-0.2, -0.15) is 0 Å². The molecular formula is C17H22N2. The monoisotopic (exact) mass is 254 g/mol. The molecule has 19 heavy (non-hydrogen) atoms. The second-order valence-electron chi connectivity index (χ2n) is 5.60. The average molecular weight is 254 g/mol. The van der Waals surface area contributed by atoms with E-state index in [0.717, 1.165) is 18.0 Å². The van der Waals surface area contributed by atoms with Gasteiger partial charge in [-0.15, -0.1) is 0 Å². The topological polar surface area (TPSA) is 24.9 Å². The number of benzene rings is 1. The van der Waals surface area contributed by atoms with Crippen molar-refractivity contribution in [1.29, 1.82) is 0 Å². The molecule has 1 N–H and O–H groups in total. The fraction of sp³-hybridized carbons (Fsp3) is 0.471. The van der Waals surface area contributed by atoms with Gasteiger partial charge in [0.1, 0.15) is 0 Å². The maximum atomic E-state index is 4.47. The summed E-state index contributed by atoms with van der Waals surface area (Å²) in [6.07, 6.45) is 7.39. The van der Waals surface area contributed by atoms with Gasteiger partial charge in [-0.1, -0.05) is 44.4 Å². The van der Waals surface area contributed by atoms with Crippen LogP contribution in [0.15, 0.2) is 36.5 Å². The lowest BCUT2D eigenvalue weighted by Gasteiger charge is -2.30. The van der Waals surface area contributed by atoms with Crippen LogP contribution < -0.4 is 5.32 Å². The maximum Gasteiger partial charge on any atom is 0.0705 e. The number of aromatic nitrogens is 1. The third-order valence-electron chi connectivity index (χ3n) is 4.28. The molecule has 0 spiro atoms. The van der Waals surface area contributed by atoms with Gasteiger partial charge < -0.3 is 5.32 Å². The van der Waals surface area contributed by atoms with Crippen LogP contribution in [0.25, 0.3) is 10.9 Å². The van der Waals surface area contributed by atoms with E-state index < -0.39 is 0 Å². The predicted octanol–water partition coefficient (Wildman–Crippen LogP) is 4.08. The van der Waals surface area contributed by atoms with Crippen LogP contribution in [-0.2, 0) is 0 Å². The van der Waals surface area contributed by atoms with E-state index in [2.05, 4.69) is 41.5 Å². The molecule has 2 heteroatoms. The van der Waals surface area contributed by atoms with E-state index in [0.29, 0.717) is 6.04 Å². The number of rotatable bonds is 5. The summed E-state index contributed by atoms with van der Waals surface area (Å²) in [6.45, 7) is 3.21. The van der Waals surface area contributed by atoms with Crippen LogP contribution >= 0.6 is 0 Å². The maximum absolute atomic E-state index is 4.47. The molecule has 1 aliphatic carbocycles. The molecule has 0 aliphatic heterocycles. The highest BCUT2D eigenvalue weighted by atomic mass is 14.9. The first kappa shape index (κ1) is 12.6. The van der Waals surface area contributed by atoms with Gasteiger partial charge in [0, 0.05) is 17.6 Å². The summed E-state index contributed by atoms with van der Waals surface area (Å²) in [6, 6.07) is 11.3. The average Bonchev–Trinajstić information content (AvgIpc) is 2.41. The Labute approximate surface area is 115 Å². The van der Waals surface area contributed by atoms with Crippen LogP contribution in [0, 0.1) is 5.92 Å². The zero-order chi connectivity index (χ0) is 13.1. The Bertz CT molecular complexity index is 546. The molecule has 0 radical (unpaired) electrons. The lowest BCUT2D eigenvalue weighted by atomic mass is 9.79. The van der Waals surface area contributed by atoms with Gasteiger partial charge in [-0.25, -0.2) is 0 Å². The zero-order valence-electron chi connectivity index (χ0n) is 11.6. The van der Waals surface area contributed by atoms with Crippen molar-refractivity contribution in [3.8, 4) is 0 Å². The molecule has 0 bridgehead atoms. The molecule has 1 atom stereocenters. The minimum atomic E-state index is 0.488. The van der Waals surface area contributed by atoms with Crippen molar-refractivity contribution < 1.29 is 0 Å². The van der Waals surface area contributed by atoms with Crippen molar-refractivity contribution in [2.75, 3.05) is 6.54 Å². The number of hydrogen-bond acceptors (Lipinski definition) is 2. The Hall–Kier alpha value is -1.41. The summed E-state index contributed by atoms with van der Waals surface area (Å²) in [5.74, 6) is 0.920. The van der Waals surface area contributed by atoms with E-state index in [9.17, 15) is 0 Å². The fourth-order valence-electron chi connectivity index (χ4n) is 2.95. The van der Waals surface area contributed by atoms with Crippen LogP contribution in [0.1, 0.15) is 44.2 Å². The van der Waals surface area contributed by atoms with Gasteiger partial charge in [0.05, 0.1) is 5.52 Å². The van der Waals surface area contributed by atoms with E-state index in [1.54, 1.807) is 0 Å². The number of nitrogens with zero attached hydrogens (tertiary/aromatic N) is 1. The minimum absolute atomic E-state index is 0.488. The largest absolute Gasteiger partial charge is 0.310 e. The number of fused-ring (bicyclic) bond motifs is 1. The molecule has 1 unspecified atom stereocenters. The molecule has 1 heterocycles. The summed E-state index contributed by atoms with van der Waals surface area (Å²) in [4.78, 5) is 4.47. The van der Waals surface area contributed by atoms with Gasteiger partial charge in [-0.05, 0) is 36.6 Å². The second kappa shape index (κ2) is 5.70. The number of hydrogen-bond donors (Lipinski definition) is 1. The molecule has 0 amide bonds. The van der Waals surface area contributed by atoms with Crippen LogP contribution in [0.4, 0.5) is 0 Å². The van der Waals surface area contributed by atoms with Gasteiger partial charge in [0.25, 0.3) is 0 Å². The smallest absolute Gasteiger partial charge is 0.0705 e. The van der Waals surface area contributed by atoms with Crippen LogP contribution in [0.2, 0.25) is 0 Å². The molecule has 1 aromatic carbocycles. The normalized spacial score (nSPS) is 17.3. The van der Waals surface area contributed by atoms with Crippen molar-refractivity contribution in [3.05, 3.63) is 42.1 Å². The Kier molecular flexibility index (Phi) is 3.79. The van der Waals surface area contributed by atoms with Gasteiger partial charge in [-0.3, -0.25) is 4.98 Å². The molecule has 1 saturated carbocycles. The molecule has 3 rings (SSSR count). The molecule has 0 saturated heterocycles. The van der Waals surface area contributed by atoms with Crippen molar-refractivity contribution in [3.63, 3.8) is 0 Å². The molecular weight excluding hydrogens is 232 g/mol. The summed E-state index contributed by atoms with van der Waals surface area (Å²) in [5.41, 5.74) is 2.50. The molecule has 1 aromatic heterocycles. The minimum Gasteiger partial charge on any atom is -0.310 e. The first-order valence-electron chi connectivity index (χ1n) is 7.45. The predicted molar refractivity (Wildman–Crippen MR) is 80.1 cm³/mol. The van der Waals surface area contributed by atoms with Gasteiger partial charge in [0.15, 0.2) is 0 Å². The Morgan fingerprint density at radius 1 is 1.32 bits per heavy atom. The summed E-state index contributed by atoms with van der Waals surface area (Å²) in [5, 5.41) is 4.86. The highest BCUT2D eigenvalue weighted by Crippen LogP contribution is 2.35. The first-order chi connectivity index (χ1) is 9.36. The van der Waals surface area contributed by atoms with E-state index in [-0.39, 0.29) is 0 Å². The SMILES string of the molecule is CCNC(CC1CCC1)c1ccc2cccnc2c1. The van der Waals surface area contributed by atoms with E-state index in [4.69, 9.17) is 0 Å².